The van der Waals surface area contributed by atoms with Crippen LogP contribution in [0.2, 0.25) is 0 Å². The highest BCUT2D eigenvalue weighted by atomic mass is 16.6. The summed E-state index contributed by atoms with van der Waals surface area (Å²) in [6.45, 7) is 5.06. The number of hydrogen-bond acceptors (Lipinski definition) is 2. The van der Waals surface area contributed by atoms with Crippen LogP contribution in [0.15, 0.2) is 18.2 Å². The predicted molar refractivity (Wildman–Crippen MR) is 55.7 cm³/mol. The van der Waals surface area contributed by atoms with Crippen molar-refractivity contribution in [3.63, 3.8) is 0 Å². The fraction of sp³-hybridized carbons (Fsp3) is 0.500. The summed E-state index contributed by atoms with van der Waals surface area (Å²) in [5.74, 6) is 0.933. The van der Waals surface area contributed by atoms with E-state index in [1.807, 2.05) is 6.07 Å². The van der Waals surface area contributed by atoms with Crippen LogP contribution in [-0.4, -0.2) is 13.7 Å². The molecule has 14 heavy (non-hydrogen) atoms. The number of ether oxygens (including phenoxy) is 2. The Kier molecular flexibility index (Phi) is 2.23. The van der Waals surface area contributed by atoms with Crippen LogP contribution in [0, 0.1) is 0 Å². The molecule has 0 aromatic heterocycles. The Bertz CT molecular complexity index is 340. The Morgan fingerprint density at radius 2 is 2.21 bits per heavy atom. The lowest BCUT2D eigenvalue weighted by molar-refractivity contribution is 0.316. The molecule has 1 fully saturated rings. The van der Waals surface area contributed by atoms with Gasteiger partial charge in [-0.1, -0.05) is 13.0 Å². The minimum atomic E-state index is -0.101. The zero-order chi connectivity index (χ0) is 10.2. The van der Waals surface area contributed by atoms with E-state index in [-0.39, 0.29) is 5.60 Å². The molecule has 2 nitrogen and oxygen atoms in total. The fourth-order valence-corrected chi connectivity index (χ4v) is 1.65. The molecular weight excluding hydrogens is 176 g/mol. The number of methoxy groups -OCH3 is 1. The molecule has 1 aliphatic heterocycles. The average Bonchev–Trinajstić information content (AvgIpc) is 2.97. The molecule has 76 valence electrons. The summed E-state index contributed by atoms with van der Waals surface area (Å²) in [4.78, 5) is 0. The van der Waals surface area contributed by atoms with Crippen LogP contribution in [0.1, 0.15) is 25.0 Å². The molecule has 2 rings (SSSR count). The van der Waals surface area contributed by atoms with Gasteiger partial charge in [-0.2, -0.15) is 0 Å². The Morgan fingerprint density at radius 1 is 1.50 bits per heavy atom. The lowest BCUT2D eigenvalue weighted by Gasteiger charge is -2.12. The van der Waals surface area contributed by atoms with E-state index in [2.05, 4.69) is 26.0 Å². The number of rotatable bonds is 3. The van der Waals surface area contributed by atoms with Gasteiger partial charge in [-0.25, -0.2) is 0 Å². The summed E-state index contributed by atoms with van der Waals surface area (Å²) >= 11 is 0. The van der Waals surface area contributed by atoms with Crippen molar-refractivity contribution in [2.75, 3.05) is 13.7 Å². The van der Waals surface area contributed by atoms with Gasteiger partial charge in [-0.3, -0.25) is 0 Å². The zero-order valence-corrected chi connectivity index (χ0v) is 8.96. The molecule has 0 N–H and O–H groups in total. The Balaban J connectivity index is 2.43. The van der Waals surface area contributed by atoms with Crippen LogP contribution < -0.4 is 4.74 Å². The highest BCUT2D eigenvalue weighted by Crippen LogP contribution is 2.42. The summed E-state index contributed by atoms with van der Waals surface area (Å²) in [6, 6.07) is 6.32. The molecule has 1 atom stereocenters. The maximum atomic E-state index is 5.44. The van der Waals surface area contributed by atoms with Crippen LogP contribution in [0.25, 0.3) is 0 Å². The molecule has 0 saturated carbocycles. The van der Waals surface area contributed by atoms with Crippen LogP contribution >= 0.6 is 0 Å². The summed E-state index contributed by atoms with van der Waals surface area (Å²) in [6.07, 6.45) is 1.05. The maximum absolute atomic E-state index is 5.44. The van der Waals surface area contributed by atoms with Gasteiger partial charge in [0.25, 0.3) is 0 Å². The first-order valence-electron chi connectivity index (χ1n) is 5.01. The number of benzene rings is 1. The molecule has 1 saturated heterocycles. The molecule has 1 heterocycles. The van der Waals surface area contributed by atoms with E-state index in [1.54, 1.807) is 7.11 Å². The molecule has 0 radical (unpaired) electrons. The van der Waals surface area contributed by atoms with Crippen LogP contribution in [0.5, 0.6) is 5.75 Å². The minimum Gasteiger partial charge on any atom is -0.496 e. The van der Waals surface area contributed by atoms with Gasteiger partial charge in [0.15, 0.2) is 0 Å². The standard InChI is InChI=1S/C12H16O2/c1-4-9-5-6-11(13-3)10(7-9)12(2)8-14-12/h5-7H,4,8H2,1-3H3. The molecule has 1 unspecified atom stereocenters. The molecule has 2 heteroatoms. The van der Waals surface area contributed by atoms with Gasteiger partial charge in [0, 0.05) is 5.56 Å². The third-order valence-corrected chi connectivity index (χ3v) is 2.82. The predicted octanol–water partition coefficient (Wildman–Crippen LogP) is 2.50. The van der Waals surface area contributed by atoms with Crippen LogP contribution in [0.4, 0.5) is 0 Å². The smallest absolute Gasteiger partial charge is 0.125 e. The SMILES string of the molecule is CCc1ccc(OC)c(C2(C)CO2)c1. The van der Waals surface area contributed by atoms with Crippen LogP contribution in [-0.2, 0) is 16.8 Å². The molecule has 1 aromatic carbocycles. The Hall–Kier alpha value is -1.02. The minimum absolute atomic E-state index is 0.101. The first-order valence-corrected chi connectivity index (χ1v) is 5.01. The first kappa shape index (κ1) is 9.53. The van der Waals surface area contributed by atoms with Gasteiger partial charge >= 0.3 is 0 Å². The normalized spacial score (nSPS) is 24.8. The van der Waals surface area contributed by atoms with E-state index >= 15 is 0 Å². The van der Waals surface area contributed by atoms with E-state index < -0.39 is 0 Å². The van der Waals surface area contributed by atoms with Crippen molar-refractivity contribution >= 4 is 0 Å². The van der Waals surface area contributed by atoms with E-state index in [0.29, 0.717) is 0 Å². The maximum Gasteiger partial charge on any atom is 0.125 e. The molecule has 0 aliphatic carbocycles. The van der Waals surface area contributed by atoms with Gasteiger partial charge < -0.3 is 9.47 Å². The summed E-state index contributed by atoms with van der Waals surface area (Å²) in [7, 11) is 1.70. The third-order valence-electron chi connectivity index (χ3n) is 2.82. The Morgan fingerprint density at radius 3 is 2.71 bits per heavy atom. The van der Waals surface area contributed by atoms with Crippen molar-refractivity contribution in [1.29, 1.82) is 0 Å². The number of hydrogen-bond donors (Lipinski definition) is 0. The Labute approximate surface area is 84.8 Å². The average molecular weight is 192 g/mol. The van der Waals surface area contributed by atoms with E-state index in [0.717, 1.165) is 18.8 Å². The quantitative estimate of drug-likeness (QED) is 0.686. The molecule has 1 aliphatic rings. The van der Waals surface area contributed by atoms with Gasteiger partial charge in [-0.15, -0.1) is 0 Å². The van der Waals surface area contributed by atoms with Gasteiger partial charge in [0.2, 0.25) is 0 Å². The fourth-order valence-electron chi connectivity index (χ4n) is 1.65. The molecule has 0 bridgehead atoms. The van der Waals surface area contributed by atoms with Crippen molar-refractivity contribution in [3.05, 3.63) is 29.3 Å². The van der Waals surface area contributed by atoms with Crippen molar-refractivity contribution in [1.82, 2.24) is 0 Å². The van der Waals surface area contributed by atoms with Gasteiger partial charge in [0.1, 0.15) is 11.4 Å². The highest BCUT2D eigenvalue weighted by Gasteiger charge is 2.43. The van der Waals surface area contributed by atoms with E-state index in [9.17, 15) is 0 Å². The summed E-state index contributed by atoms with van der Waals surface area (Å²) in [5.41, 5.74) is 2.41. The van der Waals surface area contributed by atoms with Crippen molar-refractivity contribution in [2.24, 2.45) is 0 Å². The second kappa shape index (κ2) is 3.28. The van der Waals surface area contributed by atoms with E-state index in [1.165, 1.54) is 11.1 Å². The molecule has 0 spiro atoms. The zero-order valence-electron chi connectivity index (χ0n) is 8.96. The monoisotopic (exact) mass is 192 g/mol. The van der Waals surface area contributed by atoms with Crippen molar-refractivity contribution < 1.29 is 9.47 Å². The van der Waals surface area contributed by atoms with Crippen molar-refractivity contribution in [2.45, 2.75) is 25.9 Å². The largest absolute Gasteiger partial charge is 0.496 e. The lowest BCUT2D eigenvalue weighted by atomic mass is 9.98. The first-order chi connectivity index (χ1) is 6.69. The lowest BCUT2D eigenvalue weighted by Crippen LogP contribution is -2.05. The second-order valence-corrected chi connectivity index (χ2v) is 3.91. The third kappa shape index (κ3) is 1.50. The van der Waals surface area contributed by atoms with Gasteiger partial charge in [0.05, 0.1) is 13.7 Å². The summed E-state index contributed by atoms with van der Waals surface area (Å²) < 4.78 is 10.8. The highest BCUT2D eigenvalue weighted by molar-refractivity contribution is 5.43. The van der Waals surface area contributed by atoms with Gasteiger partial charge in [-0.05, 0) is 31.0 Å². The van der Waals surface area contributed by atoms with E-state index in [4.69, 9.17) is 9.47 Å². The molecular formula is C12H16O2. The molecule has 0 amide bonds. The molecule has 1 aromatic rings. The summed E-state index contributed by atoms with van der Waals surface area (Å²) in [5, 5.41) is 0. The van der Waals surface area contributed by atoms with Crippen molar-refractivity contribution in [3.8, 4) is 5.75 Å². The number of aryl methyl sites for hydroxylation is 1. The number of epoxide rings is 1. The van der Waals surface area contributed by atoms with Crippen LogP contribution in [0.3, 0.4) is 0 Å². The second-order valence-electron chi connectivity index (χ2n) is 3.91. The topological polar surface area (TPSA) is 21.8 Å².